The Kier molecular flexibility index (Phi) is 3.71. The summed E-state index contributed by atoms with van der Waals surface area (Å²) < 4.78 is 1.96. The summed E-state index contributed by atoms with van der Waals surface area (Å²) in [5.74, 6) is 1.22. The molecule has 3 rings (SSSR count). The molecule has 1 N–H and O–H groups in total. The molecule has 1 aromatic carbocycles. The SMILES string of the molecule is CC1SCCC1Nc1cccc(Cl)c1-n1ccnc1. The summed E-state index contributed by atoms with van der Waals surface area (Å²) >= 11 is 8.37. The molecule has 1 aliphatic rings. The topological polar surface area (TPSA) is 29.9 Å². The first-order chi connectivity index (χ1) is 9.25. The average Bonchev–Trinajstić information content (AvgIpc) is 3.03. The van der Waals surface area contributed by atoms with Crippen LogP contribution in [0.15, 0.2) is 36.9 Å². The fourth-order valence-corrected chi connectivity index (χ4v) is 3.88. The van der Waals surface area contributed by atoms with Crippen molar-refractivity contribution in [2.45, 2.75) is 24.6 Å². The first kappa shape index (κ1) is 12.9. The van der Waals surface area contributed by atoms with Gasteiger partial charge < -0.3 is 9.88 Å². The predicted molar refractivity (Wildman–Crippen MR) is 82.5 cm³/mol. The minimum atomic E-state index is 0.505. The number of nitrogens with one attached hydrogen (secondary N) is 1. The zero-order valence-corrected chi connectivity index (χ0v) is 12.3. The normalized spacial score (nSPS) is 22.6. The minimum absolute atomic E-state index is 0.505. The number of hydrogen-bond donors (Lipinski definition) is 1. The largest absolute Gasteiger partial charge is 0.379 e. The third-order valence-electron chi connectivity index (χ3n) is 3.47. The van der Waals surface area contributed by atoms with Crippen LogP contribution in [0.5, 0.6) is 0 Å². The van der Waals surface area contributed by atoms with Gasteiger partial charge in [-0.05, 0) is 24.3 Å². The van der Waals surface area contributed by atoms with E-state index >= 15 is 0 Å². The molecule has 1 aromatic heterocycles. The fraction of sp³-hybridized carbons (Fsp3) is 0.357. The Labute approximate surface area is 122 Å². The summed E-state index contributed by atoms with van der Waals surface area (Å²) in [5.41, 5.74) is 2.05. The number of halogens is 1. The maximum atomic E-state index is 6.35. The summed E-state index contributed by atoms with van der Waals surface area (Å²) in [6.07, 6.45) is 6.65. The quantitative estimate of drug-likeness (QED) is 0.933. The van der Waals surface area contributed by atoms with Gasteiger partial charge in [-0.1, -0.05) is 24.6 Å². The van der Waals surface area contributed by atoms with Crippen LogP contribution in [0.3, 0.4) is 0 Å². The summed E-state index contributed by atoms with van der Waals surface area (Å²) in [6, 6.07) is 6.48. The highest BCUT2D eigenvalue weighted by Gasteiger charge is 2.24. The zero-order chi connectivity index (χ0) is 13.2. The van der Waals surface area contributed by atoms with E-state index in [-0.39, 0.29) is 0 Å². The van der Waals surface area contributed by atoms with E-state index < -0.39 is 0 Å². The summed E-state index contributed by atoms with van der Waals surface area (Å²) in [6.45, 7) is 2.27. The molecule has 5 heteroatoms. The van der Waals surface area contributed by atoms with Crippen LogP contribution in [0.2, 0.25) is 5.02 Å². The molecule has 100 valence electrons. The standard InChI is InChI=1S/C14H16ClN3S/c1-10-12(5-8-19-10)17-13-4-2-3-11(15)14(13)18-7-6-16-9-18/h2-4,6-7,9-10,12,17H,5,8H2,1H3. The molecule has 1 fully saturated rings. The molecule has 0 aliphatic carbocycles. The molecule has 0 radical (unpaired) electrons. The van der Waals surface area contributed by atoms with E-state index in [0.717, 1.165) is 16.4 Å². The Bertz CT molecular complexity index is 556. The van der Waals surface area contributed by atoms with Crippen molar-refractivity contribution in [3.8, 4) is 5.69 Å². The van der Waals surface area contributed by atoms with E-state index in [1.54, 1.807) is 12.5 Å². The molecule has 19 heavy (non-hydrogen) atoms. The number of benzene rings is 1. The van der Waals surface area contributed by atoms with Crippen LogP contribution in [-0.4, -0.2) is 26.6 Å². The van der Waals surface area contributed by atoms with E-state index in [0.29, 0.717) is 11.3 Å². The number of imidazole rings is 1. The Morgan fingerprint density at radius 3 is 3.05 bits per heavy atom. The van der Waals surface area contributed by atoms with Crippen molar-refractivity contribution in [2.24, 2.45) is 0 Å². The Hall–Kier alpha value is -1.13. The van der Waals surface area contributed by atoms with Gasteiger partial charge in [-0.25, -0.2) is 4.98 Å². The van der Waals surface area contributed by atoms with Crippen LogP contribution < -0.4 is 5.32 Å². The number of hydrogen-bond acceptors (Lipinski definition) is 3. The highest BCUT2D eigenvalue weighted by molar-refractivity contribution is 8.00. The second-order valence-electron chi connectivity index (χ2n) is 4.72. The molecule has 0 spiro atoms. The van der Waals surface area contributed by atoms with Crippen molar-refractivity contribution in [1.82, 2.24) is 9.55 Å². The van der Waals surface area contributed by atoms with Gasteiger partial charge in [0.1, 0.15) is 0 Å². The smallest absolute Gasteiger partial charge is 0.0992 e. The number of rotatable bonds is 3. The lowest BCUT2D eigenvalue weighted by molar-refractivity contribution is 0.723. The van der Waals surface area contributed by atoms with Crippen LogP contribution >= 0.6 is 23.4 Å². The number of nitrogens with zero attached hydrogens (tertiary/aromatic N) is 2. The molecule has 3 nitrogen and oxygen atoms in total. The lowest BCUT2D eigenvalue weighted by atomic mass is 10.1. The minimum Gasteiger partial charge on any atom is -0.379 e. The van der Waals surface area contributed by atoms with Crippen molar-refractivity contribution < 1.29 is 0 Å². The van der Waals surface area contributed by atoms with Crippen LogP contribution in [0.4, 0.5) is 5.69 Å². The van der Waals surface area contributed by atoms with Crippen LogP contribution in [0, 0.1) is 0 Å². The number of para-hydroxylation sites is 1. The van der Waals surface area contributed by atoms with E-state index in [1.807, 2.05) is 34.7 Å². The summed E-state index contributed by atoms with van der Waals surface area (Å²) in [4.78, 5) is 4.10. The molecular formula is C14H16ClN3S. The summed E-state index contributed by atoms with van der Waals surface area (Å²) in [5, 5.41) is 5.01. The molecule has 0 amide bonds. The predicted octanol–water partition coefficient (Wildman–Crippen LogP) is 3.83. The van der Waals surface area contributed by atoms with Crippen molar-refractivity contribution in [3.05, 3.63) is 41.9 Å². The highest BCUT2D eigenvalue weighted by atomic mass is 35.5. The van der Waals surface area contributed by atoms with E-state index in [4.69, 9.17) is 11.6 Å². The second-order valence-corrected chi connectivity index (χ2v) is 6.61. The first-order valence-electron chi connectivity index (χ1n) is 6.40. The molecule has 0 saturated carbocycles. The van der Waals surface area contributed by atoms with Crippen molar-refractivity contribution in [2.75, 3.05) is 11.1 Å². The lowest BCUT2D eigenvalue weighted by Crippen LogP contribution is -2.25. The lowest BCUT2D eigenvalue weighted by Gasteiger charge is -2.21. The maximum Gasteiger partial charge on any atom is 0.0992 e. The van der Waals surface area contributed by atoms with Crippen molar-refractivity contribution in [3.63, 3.8) is 0 Å². The van der Waals surface area contributed by atoms with Crippen LogP contribution in [0.1, 0.15) is 13.3 Å². The third-order valence-corrected chi connectivity index (χ3v) is 5.10. The van der Waals surface area contributed by atoms with Crippen molar-refractivity contribution in [1.29, 1.82) is 0 Å². The van der Waals surface area contributed by atoms with Gasteiger partial charge >= 0.3 is 0 Å². The van der Waals surface area contributed by atoms with Gasteiger partial charge in [0.25, 0.3) is 0 Å². The average molecular weight is 294 g/mol. The number of aromatic nitrogens is 2. The monoisotopic (exact) mass is 293 g/mol. The van der Waals surface area contributed by atoms with Gasteiger partial charge in [0.15, 0.2) is 0 Å². The molecule has 1 saturated heterocycles. The van der Waals surface area contributed by atoms with E-state index in [2.05, 4.69) is 23.3 Å². The maximum absolute atomic E-state index is 6.35. The van der Waals surface area contributed by atoms with Gasteiger partial charge in [0.05, 0.1) is 22.7 Å². The van der Waals surface area contributed by atoms with Crippen LogP contribution in [-0.2, 0) is 0 Å². The van der Waals surface area contributed by atoms with Gasteiger partial charge in [0.2, 0.25) is 0 Å². The highest BCUT2D eigenvalue weighted by Crippen LogP contribution is 2.33. The molecule has 2 aromatic rings. The van der Waals surface area contributed by atoms with Gasteiger partial charge in [-0.2, -0.15) is 11.8 Å². The number of thioether (sulfide) groups is 1. The Morgan fingerprint density at radius 1 is 1.47 bits per heavy atom. The fourth-order valence-electron chi connectivity index (χ4n) is 2.41. The van der Waals surface area contributed by atoms with Gasteiger partial charge in [-0.3, -0.25) is 0 Å². The number of anilines is 1. The van der Waals surface area contributed by atoms with Crippen LogP contribution in [0.25, 0.3) is 5.69 Å². The second kappa shape index (κ2) is 5.47. The van der Waals surface area contributed by atoms with Crippen molar-refractivity contribution >= 4 is 29.1 Å². The molecule has 1 aliphatic heterocycles. The molecule has 0 bridgehead atoms. The molecule has 2 unspecified atom stereocenters. The van der Waals surface area contributed by atoms with Gasteiger partial charge in [0, 0.05) is 23.7 Å². The third kappa shape index (κ3) is 2.60. The zero-order valence-electron chi connectivity index (χ0n) is 10.7. The first-order valence-corrected chi connectivity index (χ1v) is 7.83. The molecule has 2 heterocycles. The molecule has 2 atom stereocenters. The van der Waals surface area contributed by atoms with E-state index in [9.17, 15) is 0 Å². The Balaban J connectivity index is 1.95. The molecular weight excluding hydrogens is 278 g/mol. The Morgan fingerprint density at radius 2 is 2.37 bits per heavy atom. The summed E-state index contributed by atoms with van der Waals surface area (Å²) in [7, 11) is 0. The van der Waals surface area contributed by atoms with E-state index in [1.165, 1.54) is 12.2 Å². The van der Waals surface area contributed by atoms with Gasteiger partial charge in [-0.15, -0.1) is 0 Å².